The Hall–Kier alpha value is -3.97. The summed E-state index contributed by atoms with van der Waals surface area (Å²) in [5, 5.41) is 7.30. The zero-order valence-corrected chi connectivity index (χ0v) is 23.9. The first kappa shape index (κ1) is 29.5. The first-order valence-electron chi connectivity index (χ1n) is 13.5. The van der Waals surface area contributed by atoms with E-state index in [1.807, 2.05) is 0 Å². The minimum absolute atomic E-state index is 0.0127. The maximum Gasteiger partial charge on any atom is 0.246 e. The van der Waals surface area contributed by atoms with E-state index in [-0.39, 0.29) is 34.3 Å². The molecule has 0 saturated carbocycles. The molecule has 1 aliphatic rings. The molecule has 222 valence electrons. The van der Waals surface area contributed by atoms with Crippen molar-refractivity contribution in [3.63, 3.8) is 0 Å². The normalized spacial score (nSPS) is 15.9. The number of anilines is 2. The number of ether oxygens (including phenoxy) is 1. The van der Waals surface area contributed by atoms with Crippen molar-refractivity contribution in [2.24, 2.45) is 0 Å². The maximum absolute atomic E-state index is 15.8. The highest BCUT2D eigenvalue weighted by atomic mass is 32.2. The van der Waals surface area contributed by atoms with E-state index in [4.69, 9.17) is 4.74 Å². The minimum atomic E-state index is -4.28. The Kier molecular flexibility index (Phi) is 8.50. The number of rotatable bonds is 10. The number of piperidine rings is 1. The molecule has 1 fully saturated rings. The van der Waals surface area contributed by atoms with Gasteiger partial charge in [-0.15, -0.1) is 0 Å². The summed E-state index contributed by atoms with van der Waals surface area (Å²) in [5.41, 5.74) is 0.760. The van der Waals surface area contributed by atoms with Crippen molar-refractivity contribution in [2.45, 2.75) is 45.1 Å². The predicted molar refractivity (Wildman–Crippen MR) is 156 cm³/mol. The summed E-state index contributed by atoms with van der Waals surface area (Å²) >= 11 is 0. The average Bonchev–Trinajstić information content (AvgIpc) is 2.97. The smallest absolute Gasteiger partial charge is 0.246 e. The zero-order chi connectivity index (χ0) is 29.9. The molecule has 0 amide bonds. The van der Waals surface area contributed by atoms with Crippen LogP contribution in [0.25, 0.3) is 22.0 Å². The number of sulfonamides is 1. The number of hydrogen-bond donors (Lipinski definition) is 3. The number of aromatic nitrogens is 3. The van der Waals surface area contributed by atoms with Crippen molar-refractivity contribution in [1.82, 2.24) is 20.3 Å². The number of fused-ring (bicyclic) bond motifs is 1. The number of halogens is 3. The molecule has 2 aromatic carbocycles. The fourth-order valence-electron chi connectivity index (χ4n) is 4.76. The summed E-state index contributed by atoms with van der Waals surface area (Å²) in [5.74, 6) is -4.19. The van der Waals surface area contributed by atoms with Crippen LogP contribution in [-0.4, -0.2) is 54.2 Å². The number of hydrogen-bond acceptors (Lipinski definition) is 8. The summed E-state index contributed by atoms with van der Waals surface area (Å²) in [4.78, 5) is 13.4. The topological polar surface area (TPSA) is 118 Å². The van der Waals surface area contributed by atoms with Gasteiger partial charge in [0, 0.05) is 47.7 Å². The second-order valence-corrected chi connectivity index (χ2v) is 12.2. The highest BCUT2D eigenvalue weighted by Gasteiger charge is 2.27. The molecule has 0 bridgehead atoms. The molecule has 42 heavy (non-hydrogen) atoms. The predicted octanol–water partition coefficient (Wildman–Crippen LogP) is 5.88. The Morgan fingerprint density at radius 2 is 1.88 bits per heavy atom. The molecule has 0 radical (unpaired) electrons. The molecule has 9 nitrogen and oxygen atoms in total. The Bertz CT molecular complexity index is 1690. The van der Waals surface area contributed by atoms with Crippen LogP contribution < -0.4 is 20.1 Å². The Morgan fingerprint density at radius 1 is 1.10 bits per heavy atom. The number of alkyl halides is 2. The third-order valence-corrected chi connectivity index (χ3v) is 8.19. The van der Waals surface area contributed by atoms with E-state index < -0.39 is 33.9 Å². The SMILES string of the molecule is Cc1c(F)c(NS(=O)(=O)CCC(C)(F)F)c2ccccc2c1Oc1ncccc1-c1ccnc(N[C@H]2CCCNC2)n1. The van der Waals surface area contributed by atoms with Gasteiger partial charge in [-0.2, -0.15) is 0 Å². The van der Waals surface area contributed by atoms with Gasteiger partial charge in [-0.05, 0) is 51.4 Å². The summed E-state index contributed by atoms with van der Waals surface area (Å²) in [6.45, 7) is 3.87. The molecule has 3 N–H and O–H groups in total. The lowest BCUT2D eigenvalue weighted by Crippen LogP contribution is -2.38. The van der Waals surface area contributed by atoms with E-state index >= 15 is 4.39 Å². The molecular weight excluding hydrogens is 569 g/mol. The molecule has 3 heterocycles. The molecular formula is C29H31F3N6O3S. The molecule has 0 unspecified atom stereocenters. The van der Waals surface area contributed by atoms with E-state index in [1.54, 1.807) is 42.6 Å². The Labute approximate surface area is 242 Å². The average molecular weight is 601 g/mol. The molecule has 5 rings (SSSR count). The van der Waals surface area contributed by atoms with Crippen molar-refractivity contribution in [1.29, 1.82) is 0 Å². The van der Waals surface area contributed by atoms with Crippen molar-refractivity contribution >= 4 is 32.4 Å². The maximum atomic E-state index is 15.8. The fraction of sp³-hybridized carbons (Fsp3) is 0.345. The van der Waals surface area contributed by atoms with Crippen LogP contribution >= 0.6 is 0 Å². The number of benzene rings is 2. The standard InChI is InChI=1S/C29H31F3N6O3S/c1-18-24(30)25(38-42(39,40)16-12-29(2,31)32)20-8-3-4-9-21(20)26(18)41-27-22(10-6-14-34-27)23-11-15-35-28(37-23)36-19-7-5-13-33-17-19/h3-4,6,8-11,14-15,19,33,38H,5,7,12-13,16-17H2,1-2H3,(H,35,36,37)/t19-/m0/s1. The fourth-order valence-corrected chi connectivity index (χ4v) is 6.00. The van der Waals surface area contributed by atoms with Crippen LogP contribution in [0.5, 0.6) is 11.6 Å². The molecule has 2 aromatic heterocycles. The number of nitrogens with one attached hydrogen (secondary N) is 3. The van der Waals surface area contributed by atoms with E-state index in [1.165, 1.54) is 19.2 Å². The highest BCUT2D eigenvalue weighted by Crippen LogP contribution is 2.42. The second kappa shape index (κ2) is 12.1. The van der Waals surface area contributed by atoms with E-state index in [9.17, 15) is 17.2 Å². The van der Waals surface area contributed by atoms with E-state index in [0.29, 0.717) is 29.5 Å². The lowest BCUT2D eigenvalue weighted by molar-refractivity contribution is 0.0189. The van der Waals surface area contributed by atoms with Crippen LogP contribution in [0.15, 0.2) is 54.9 Å². The van der Waals surface area contributed by atoms with Gasteiger partial charge in [0.1, 0.15) is 5.75 Å². The van der Waals surface area contributed by atoms with Crippen LogP contribution in [0.2, 0.25) is 0 Å². The van der Waals surface area contributed by atoms with Gasteiger partial charge in [0.2, 0.25) is 27.8 Å². The third kappa shape index (κ3) is 6.90. The van der Waals surface area contributed by atoms with E-state index in [0.717, 1.165) is 25.9 Å². The second-order valence-electron chi connectivity index (χ2n) is 10.3. The molecule has 0 spiro atoms. The third-order valence-electron chi connectivity index (χ3n) is 6.93. The lowest BCUT2D eigenvalue weighted by atomic mass is 10.0. The zero-order valence-electron chi connectivity index (χ0n) is 23.1. The Morgan fingerprint density at radius 3 is 2.62 bits per heavy atom. The summed E-state index contributed by atoms with van der Waals surface area (Å²) in [6, 6.07) is 11.9. The summed E-state index contributed by atoms with van der Waals surface area (Å²) < 4.78 is 76.1. The van der Waals surface area contributed by atoms with Crippen molar-refractivity contribution in [3.05, 3.63) is 66.2 Å². The molecule has 1 atom stereocenters. The Balaban J connectivity index is 1.49. The number of nitrogens with zero attached hydrogens (tertiary/aromatic N) is 3. The quantitative estimate of drug-likeness (QED) is 0.207. The van der Waals surface area contributed by atoms with Gasteiger partial charge in [0.15, 0.2) is 5.82 Å². The van der Waals surface area contributed by atoms with Crippen LogP contribution in [0, 0.1) is 12.7 Å². The highest BCUT2D eigenvalue weighted by molar-refractivity contribution is 7.92. The van der Waals surface area contributed by atoms with Gasteiger partial charge >= 0.3 is 0 Å². The molecule has 13 heteroatoms. The van der Waals surface area contributed by atoms with Crippen LogP contribution in [-0.2, 0) is 10.0 Å². The minimum Gasteiger partial charge on any atom is -0.437 e. The number of pyridine rings is 1. The molecule has 1 saturated heterocycles. The summed E-state index contributed by atoms with van der Waals surface area (Å²) in [6.07, 6.45) is 4.32. The first-order valence-corrected chi connectivity index (χ1v) is 15.2. The van der Waals surface area contributed by atoms with E-state index in [2.05, 4.69) is 30.3 Å². The summed E-state index contributed by atoms with van der Waals surface area (Å²) in [7, 11) is -4.28. The van der Waals surface area contributed by atoms with Gasteiger partial charge in [-0.25, -0.2) is 36.5 Å². The van der Waals surface area contributed by atoms with Gasteiger partial charge in [0.25, 0.3) is 0 Å². The van der Waals surface area contributed by atoms with Gasteiger partial charge in [-0.3, -0.25) is 4.72 Å². The molecule has 4 aromatic rings. The van der Waals surface area contributed by atoms with Crippen molar-refractivity contribution in [2.75, 3.05) is 28.9 Å². The van der Waals surface area contributed by atoms with Crippen LogP contribution in [0.3, 0.4) is 0 Å². The lowest BCUT2D eigenvalue weighted by Gasteiger charge is -2.23. The monoisotopic (exact) mass is 600 g/mol. The molecule has 1 aliphatic heterocycles. The van der Waals surface area contributed by atoms with Crippen molar-refractivity contribution < 1.29 is 26.3 Å². The van der Waals surface area contributed by atoms with Crippen LogP contribution in [0.1, 0.15) is 31.7 Å². The first-order chi connectivity index (χ1) is 20.0. The van der Waals surface area contributed by atoms with Gasteiger partial charge in [-0.1, -0.05) is 24.3 Å². The van der Waals surface area contributed by atoms with Gasteiger partial charge < -0.3 is 15.4 Å². The largest absolute Gasteiger partial charge is 0.437 e. The van der Waals surface area contributed by atoms with Gasteiger partial charge in [0.05, 0.1) is 22.7 Å². The molecule has 0 aliphatic carbocycles. The van der Waals surface area contributed by atoms with Crippen molar-refractivity contribution in [3.8, 4) is 22.9 Å². The van der Waals surface area contributed by atoms with Crippen LogP contribution in [0.4, 0.5) is 24.8 Å².